The molecule has 0 spiro atoms. The molecule has 0 saturated carbocycles. The van der Waals surface area contributed by atoms with Crippen molar-refractivity contribution in [1.82, 2.24) is 10.2 Å². The minimum atomic E-state index is -2.99. The summed E-state index contributed by atoms with van der Waals surface area (Å²) in [4.78, 5) is 13.8. The first-order valence-corrected chi connectivity index (χ1v) is 9.46. The summed E-state index contributed by atoms with van der Waals surface area (Å²) in [7, 11) is -1.21. The van der Waals surface area contributed by atoms with Crippen molar-refractivity contribution in [2.24, 2.45) is 0 Å². The molecule has 0 aromatic heterocycles. The van der Waals surface area contributed by atoms with Gasteiger partial charge in [-0.3, -0.25) is 9.69 Å². The van der Waals surface area contributed by atoms with Crippen molar-refractivity contribution in [3.63, 3.8) is 0 Å². The Morgan fingerprint density at radius 2 is 2.00 bits per heavy atom. The van der Waals surface area contributed by atoms with Gasteiger partial charge in [-0.05, 0) is 25.6 Å². The average Bonchev–Trinajstić information content (AvgIpc) is 2.73. The zero-order chi connectivity index (χ0) is 16.3. The number of carbonyl (C=O) groups excluding carboxylic acids is 1. The lowest BCUT2D eigenvalue weighted by molar-refractivity contribution is -0.122. The van der Waals surface area contributed by atoms with E-state index in [-0.39, 0.29) is 30.0 Å². The van der Waals surface area contributed by atoms with E-state index in [4.69, 9.17) is 23.2 Å². The lowest BCUT2D eigenvalue weighted by atomic mass is 10.2. The monoisotopic (exact) mass is 364 g/mol. The van der Waals surface area contributed by atoms with E-state index in [0.29, 0.717) is 23.0 Å². The van der Waals surface area contributed by atoms with Crippen LogP contribution in [0.1, 0.15) is 12.0 Å². The van der Waals surface area contributed by atoms with Crippen LogP contribution in [-0.4, -0.2) is 50.4 Å². The Bertz CT molecular complexity index is 644. The van der Waals surface area contributed by atoms with Crippen LogP contribution in [0.3, 0.4) is 0 Å². The first-order chi connectivity index (χ1) is 10.3. The molecule has 1 aliphatic heterocycles. The summed E-state index contributed by atoms with van der Waals surface area (Å²) < 4.78 is 22.7. The molecule has 0 bridgehead atoms. The van der Waals surface area contributed by atoms with Crippen LogP contribution in [0.4, 0.5) is 0 Å². The fourth-order valence-corrected chi connectivity index (χ4v) is 4.63. The molecule has 1 N–H and O–H groups in total. The molecule has 0 radical (unpaired) electrons. The van der Waals surface area contributed by atoms with Gasteiger partial charge in [0, 0.05) is 28.2 Å². The van der Waals surface area contributed by atoms with Gasteiger partial charge in [0.25, 0.3) is 0 Å². The zero-order valence-corrected chi connectivity index (χ0v) is 14.5. The highest BCUT2D eigenvalue weighted by Crippen LogP contribution is 2.25. The van der Waals surface area contributed by atoms with E-state index in [0.717, 1.165) is 5.56 Å². The predicted octanol–water partition coefficient (Wildman–Crippen LogP) is 1.73. The smallest absolute Gasteiger partial charge is 0.234 e. The number of hydrogen-bond donors (Lipinski definition) is 1. The predicted molar refractivity (Wildman–Crippen MR) is 88.0 cm³/mol. The molecule has 0 aliphatic carbocycles. The van der Waals surface area contributed by atoms with Crippen LogP contribution >= 0.6 is 23.2 Å². The molecule has 1 atom stereocenters. The number of hydrogen-bond acceptors (Lipinski definition) is 4. The topological polar surface area (TPSA) is 66.5 Å². The second-order valence-electron chi connectivity index (χ2n) is 5.54. The van der Waals surface area contributed by atoms with E-state index < -0.39 is 9.84 Å². The third kappa shape index (κ3) is 4.84. The van der Waals surface area contributed by atoms with Crippen molar-refractivity contribution in [1.29, 1.82) is 0 Å². The first-order valence-electron chi connectivity index (χ1n) is 6.88. The molecule has 122 valence electrons. The number of likely N-dealkylation sites (N-methyl/N-ethyl adjacent to an activating group) is 1. The van der Waals surface area contributed by atoms with Crippen LogP contribution in [0.25, 0.3) is 0 Å². The number of nitrogens with zero attached hydrogens (tertiary/aromatic N) is 1. The van der Waals surface area contributed by atoms with E-state index in [1.165, 1.54) is 0 Å². The Labute approximate surface area is 140 Å². The van der Waals surface area contributed by atoms with Crippen molar-refractivity contribution in [2.75, 3.05) is 25.1 Å². The van der Waals surface area contributed by atoms with Gasteiger partial charge in [0.05, 0.1) is 18.1 Å². The second kappa shape index (κ2) is 7.17. The number of nitrogens with one attached hydrogen (secondary N) is 1. The Balaban J connectivity index is 1.87. The standard InChI is InChI=1S/C14H18Cl2N2O3S/c1-18(7-11-12(15)3-2-4-13(11)16)8-14(19)17-10-5-6-22(20,21)9-10/h2-4,10H,5-9H2,1H3,(H,17,19). The number of halogens is 2. The molecular weight excluding hydrogens is 347 g/mol. The Morgan fingerprint density at radius 1 is 1.36 bits per heavy atom. The lowest BCUT2D eigenvalue weighted by Crippen LogP contribution is -2.41. The number of amides is 1. The van der Waals surface area contributed by atoms with E-state index in [2.05, 4.69) is 5.32 Å². The van der Waals surface area contributed by atoms with Crippen molar-refractivity contribution in [3.05, 3.63) is 33.8 Å². The summed E-state index contributed by atoms with van der Waals surface area (Å²) in [6, 6.07) is 4.98. The number of sulfone groups is 1. The van der Waals surface area contributed by atoms with Gasteiger partial charge in [0.1, 0.15) is 0 Å². The molecular formula is C14H18Cl2N2O3S. The molecule has 1 unspecified atom stereocenters. The maximum Gasteiger partial charge on any atom is 0.234 e. The molecule has 2 rings (SSSR count). The number of carbonyl (C=O) groups is 1. The van der Waals surface area contributed by atoms with Gasteiger partial charge in [0.2, 0.25) is 5.91 Å². The van der Waals surface area contributed by atoms with Crippen LogP contribution < -0.4 is 5.32 Å². The SMILES string of the molecule is CN(CC(=O)NC1CCS(=O)(=O)C1)Cc1c(Cl)cccc1Cl. The minimum Gasteiger partial charge on any atom is -0.351 e. The fourth-order valence-electron chi connectivity index (χ4n) is 2.44. The molecule has 8 heteroatoms. The van der Waals surface area contributed by atoms with Crippen molar-refractivity contribution >= 4 is 38.9 Å². The zero-order valence-electron chi connectivity index (χ0n) is 12.2. The van der Waals surface area contributed by atoms with Crippen molar-refractivity contribution in [3.8, 4) is 0 Å². The van der Waals surface area contributed by atoms with Crippen molar-refractivity contribution < 1.29 is 13.2 Å². The molecule has 5 nitrogen and oxygen atoms in total. The average molecular weight is 365 g/mol. The highest BCUT2D eigenvalue weighted by Gasteiger charge is 2.29. The number of rotatable bonds is 5. The van der Waals surface area contributed by atoms with E-state index >= 15 is 0 Å². The minimum absolute atomic E-state index is 0.0266. The maximum atomic E-state index is 12.0. The molecule has 1 aromatic rings. The quantitative estimate of drug-likeness (QED) is 0.863. The molecule has 1 heterocycles. The van der Waals surface area contributed by atoms with Gasteiger partial charge >= 0.3 is 0 Å². The molecule has 1 aromatic carbocycles. The Hall–Kier alpha value is -0.820. The maximum absolute atomic E-state index is 12.0. The summed E-state index contributed by atoms with van der Waals surface area (Å²) >= 11 is 12.2. The van der Waals surface area contributed by atoms with E-state index in [1.54, 1.807) is 30.1 Å². The molecule has 1 fully saturated rings. The summed E-state index contributed by atoms with van der Waals surface area (Å²) in [5, 5.41) is 3.87. The fraction of sp³-hybridized carbons (Fsp3) is 0.500. The molecule has 1 aliphatic rings. The van der Waals surface area contributed by atoms with Gasteiger partial charge in [0.15, 0.2) is 9.84 Å². The second-order valence-corrected chi connectivity index (χ2v) is 8.58. The molecule has 1 saturated heterocycles. The van der Waals surface area contributed by atoms with Gasteiger partial charge in [-0.25, -0.2) is 8.42 Å². The third-order valence-electron chi connectivity index (χ3n) is 3.50. The van der Waals surface area contributed by atoms with E-state index in [1.807, 2.05) is 0 Å². The van der Waals surface area contributed by atoms with Crippen LogP contribution in [0.15, 0.2) is 18.2 Å². The highest BCUT2D eigenvalue weighted by atomic mass is 35.5. The first kappa shape index (κ1) is 17.5. The summed E-state index contributed by atoms with van der Waals surface area (Å²) in [5.74, 6) is -0.0327. The van der Waals surface area contributed by atoms with Gasteiger partial charge < -0.3 is 5.32 Å². The lowest BCUT2D eigenvalue weighted by Gasteiger charge is -2.19. The van der Waals surface area contributed by atoms with Gasteiger partial charge in [-0.2, -0.15) is 0 Å². The molecule has 22 heavy (non-hydrogen) atoms. The van der Waals surface area contributed by atoms with Crippen molar-refractivity contribution in [2.45, 2.75) is 19.0 Å². The summed E-state index contributed by atoms with van der Waals surface area (Å²) in [6.07, 6.45) is 0.480. The van der Waals surface area contributed by atoms with E-state index in [9.17, 15) is 13.2 Å². The Kier molecular flexibility index (Phi) is 5.71. The van der Waals surface area contributed by atoms with Crippen LogP contribution in [0.2, 0.25) is 10.0 Å². The van der Waals surface area contributed by atoms with Crippen LogP contribution in [0, 0.1) is 0 Å². The largest absolute Gasteiger partial charge is 0.351 e. The normalized spacial score (nSPS) is 20.3. The summed E-state index contributed by atoms with van der Waals surface area (Å²) in [5.41, 5.74) is 0.768. The summed E-state index contributed by atoms with van der Waals surface area (Å²) in [6.45, 7) is 0.590. The van der Waals surface area contributed by atoms with Gasteiger partial charge in [-0.15, -0.1) is 0 Å². The Morgan fingerprint density at radius 3 is 2.55 bits per heavy atom. The molecule has 1 amide bonds. The highest BCUT2D eigenvalue weighted by molar-refractivity contribution is 7.91. The van der Waals surface area contributed by atoms with Crippen LogP contribution in [0.5, 0.6) is 0 Å². The van der Waals surface area contributed by atoms with Gasteiger partial charge in [-0.1, -0.05) is 29.3 Å². The number of benzene rings is 1. The van der Waals surface area contributed by atoms with Crippen LogP contribution in [-0.2, 0) is 21.2 Å². The third-order valence-corrected chi connectivity index (χ3v) is 5.98.